The highest BCUT2D eigenvalue weighted by molar-refractivity contribution is 6.03. The third-order valence-corrected chi connectivity index (χ3v) is 1.25. The van der Waals surface area contributed by atoms with Crippen LogP contribution in [-0.4, -0.2) is 5.78 Å². The lowest BCUT2D eigenvalue weighted by Gasteiger charge is -2.13. The Morgan fingerprint density at radius 3 is 2.29 bits per heavy atom. The molecule has 0 bridgehead atoms. The molecule has 1 aliphatic rings. The van der Waals surface area contributed by atoms with Crippen molar-refractivity contribution in [2.75, 3.05) is 0 Å². The van der Waals surface area contributed by atoms with E-state index in [0.29, 0.717) is 6.42 Å². The van der Waals surface area contributed by atoms with Gasteiger partial charge in [-0.05, 0) is 6.92 Å². The molecule has 0 aromatic rings. The third kappa shape index (κ3) is 0.427. The number of carbonyl (C=O) groups excluding carboxylic acids is 1. The Hall–Kier alpha value is -0.790. The van der Waals surface area contributed by atoms with Crippen molar-refractivity contribution in [3.05, 3.63) is 11.3 Å². The average Bonchev–Trinajstić information content (AvgIpc) is 1.68. The summed E-state index contributed by atoms with van der Waals surface area (Å²) < 4.78 is 0. The Morgan fingerprint density at radius 2 is 2.29 bits per heavy atom. The zero-order valence-electron chi connectivity index (χ0n) is 4.19. The molecule has 0 aliphatic heterocycles. The average molecular weight is 97.1 g/mol. The van der Waals surface area contributed by atoms with Crippen LogP contribution in [-0.2, 0) is 4.79 Å². The van der Waals surface area contributed by atoms with Crippen LogP contribution >= 0.6 is 0 Å². The minimum Gasteiger partial charge on any atom is -0.401 e. The monoisotopic (exact) mass is 97.1 g/mol. The van der Waals surface area contributed by atoms with Crippen LogP contribution < -0.4 is 5.73 Å². The minimum absolute atomic E-state index is 0.192. The van der Waals surface area contributed by atoms with Gasteiger partial charge in [-0.25, -0.2) is 0 Å². The molecule has 0 aromatic heterocycles. The van der Waals surface area contributed by atoms with E-state index in [4.69, 9.17) is 5.73 Å². The first kappa shape index (κ1) is 4.37. The van der Waals surface area contributed by atoms with Gasteiger partial charge in [-0.15, -0.1) is 0 Å². The quantitative estimate of drug-likeness (QED) is 0.469. The molecule has 0 atom stereocenters. The van der Waals surface area contributed by atoms with Crippen LogP contribution in [0.5, 0.6) is 0 Å². The van der Waals surface area contributed by atoms with Gasteiger partial charge in [0.1, 0.15) is 0 Å². The summed E-state index contributed by atoms with van der Waals surface area (Å²) in [5, 5.41) is 0. The van der Waals surface area contributed by atoms with Crippen molar-refractivity contribution >= 4 is 5.78 Å². The summed E-state index contributed by atoms with van der Waals surface area (Å²) in [6.45, 7) is 1.75. The van der Waals surface area contributed by atoms with Gasteiger partial charge in [0.15, 0.2) is 5.78 Å². The first-order valence-electron chi connectivity index (χ1n) is 2.20. The Labute approximate surface area is 42.0 Å². The van der Waals surface area contributed by atoms with E-state index >= 15 is 0 Å². The number of allylic oxidation sites excluding steroid dienone is 2. The summed E-state index contributed by atoms with van der Waals surface area (Å²) in [5.74, 6) is 0.192. The van der Waals surface area contributed by atoms with E-state index in [1.54, 1.807) is 6.92 Å². The SMILES string of the molecule is CC1=C(N)CC1=O. The van der Waals surface area contributed by atoms with Gasteiger partial charge >= 0.3 is 0 Å². The zero-order chi connectivity index (χ0) is 5.44. The lowest BCUT2D eigenvalue weighted by atomic mass is 9.95. The second-order valence-corrected chi connectivity index (χ2v) is 1.75. The molecule has 38 valence electrons. The van der Waals surface area contributed by atoms with Crippen LogP contribution in [0.15, 0.2) is 11.3 Å². The van der Waals surface area contributed by atoms with Gasteiger partial charge in [-0.2, -0.15) is 0 Å². The smallest absolute Gasteiger partial charge is 0.166 e. The highest BCUT2D eigenvalue weighted by atomic mass is 16.1. The molecule has 0 unspecified atom stereocenters. The maximum Gasteiger partial charge on any atom is 0.166 e. The number of Topliss-reactive ketones (excluding diaryl/α,β-unsaturated/α-hetero) is 1. The second-order valence-electron chi connectivity index (χ2n) is 1.75. The van der Waals surface area contributed by atoms with Gasteiger partial charge in [0.25, 0.3) is 0 Å². The van der Waals surface area contributed by atoms with Gasteiger partial charge in [0.2, 0.25) is 0 Å². The third-order valence-electron chi connectivity index (χ3n) is 1.25. The predicted molar refractivity (Wildman–Crippen MR) is 26.5 cm³/mol. The van der Waals surface area contributed by atoms with E-state index in [9.17, 15) is 4.79 Å². The number of rotatable bonds is 0. The molecule has 1 rings (SSSR count). The summed E-state index contributed by atoms with van der Waals surface area (Å²) in [7, 11) is 0. The first-order valence-corrected chi connectivity index (χ1v) is 2.20. The van der Waals surface area contributed by atoms with Crippen LogP contribution in [0, 0.1) is 0 Å². The van der Waals surface area contributed by atoms with Crippen molar-refractivity contribution in [3.63, 3.8) is 0 Å². The van der Waals surface area contributed by atoms with Crippen molar-refractivity contribution in [1.29, 1.82) is 0 Å². The Bertz CT molecular complexity index is 146. The summed E-state index contributed by atoms with van der Waals surface area (Å²) in [4.78, 5) is 10.3. The fraction of sp³-hybridized carbons (Fsp3) is 0.400. The Morgan fingerprint density at radius 1 is 1.71 bits per heavy atom. The van der Waals surface area contributed by atoms with E-state index in [2.05, 4.69) is 0 Å². The first-order chi connectivity index (χ1) is 3.22. The molecule has 0 fully saturated rings. The summed E-state index contributed by atoms with van der Waals surface area (Å²) in [6, 6.07) is 0. The van der Waals surface area contributed by atoms with Crippen molar-refractivity contribution in [3.8, 4) is 0 Å². The molecule has 0 radical (unpaired) electrons. The van der Waals surface area contributed by atoms with Crippen LogP contribution in [0.2, 0.25) is 0 Å². The van der Waals surface area contributed by atoms with Crippen molar-refractivity contribution in [2.24, 2.45) is 5.73 Å². The Balaban J connectivity index is 2.85. The molecule has 2 nitrogen and oxygen atoms in total. The van der Waals surface area contributed by atoms with Crippen LogP contribution in [0.4, 0.5) is 0 Å². The number of carbonyl (C=O) groups is 1. The summed E-state index contributed by atoms with van der Waals surface area (Å²) in [5.41, 5.74) is 6.78. The minimum atomic E-state index is 0.192. The van der Waals surface area contributed by atoms with Crippen LogP contribution in [0.3, 0.4) is 0 Å². The number of nitrogens with two attached hydrogens (primary N) is 1. The molecule has 2 N–H and O–H groups in total. The molecule has 7 heavy (non-hydrogen) atoms. The number of ketones is 1. The van der Waals surface area contributed by atoms with E-state index < -0.39 is 0 Å². The number of hydrogen-bond acceptors (Lipinski definition) is 2. The maximum absolute atomic E-state index is 10.3. The molecule has 0 heterocycles. The largest absolute Gasteiger partial charge is 0.401 e. The number of hydrogen-bond donors (Lipinski definition) is 1. The van der Waals surface area contributed by atoms with Gasteiger partial charge in [0, 0.05) is 11.3 Å². The summed E-state index contributed by atoms with van der Waals surface area (Å²) >= 11 is 0. The maximum atomic E-state index is 10.3. The Kier molecular flexibility index (Phi) is 0.680. The molecule has 0 spiro atoms. The zero-order valence-corrected chi connectivity index (χ0v) is 4.19. The van der Waals surface area contributed by atoms with Crippen LogP contribution in [0.1, 0.15) is 13.3 Å². The lowest BCUT2D eigenvalue weighted by molar-refractivity contribution is -0.116. The molecule has 0 amide bonds. The fourth-order valence-corrected chi connectivity index (χ4v) is 0.511. The fourth-order valence-electron chi connectivity index (χ4n) is 0.511. The van der Waals surface area contributed by atoms with Crippen molar-refractivity contribution in [2.45, 2.75) is 13.3 Å². The van der Waals surface area contributed by atoms with E-state index in [0.717, 1.165) is 11.3 Å². The molecule has 2 heteroatoms. The molecule has 0 saturated heterocycles. The van der Waals surface area contributed by atoms with E-state index in [1.165, 1.54) is 0 Å². The highest BCUT2D eigenvalue weighted by Gasteiger charge is 2.19. The van der Waals surface area contributed by atoms with Crippen LogP contribution in [0.25, 0.3) is 0 Å². The van der Waals surface area contributed by atoms with Gasteiger partial charge in [-0.1, -0.05) is 0 Å². The standard InChI is InChI=1S/C5H7NO/c1-3-4(6)2-5(3)7/h2,6H2,1H3. The van der Waals surface area contributed by atoms with E-state index in [-0.39, 0.29) is 5.78 Å². The van der Waals surface area contributed by atoms with Gasteiger partial charge < -0.3 is 5.73 Å². The molecular formula is C5H7NO. The molecular weight excluding hydrogens is 90.1 g/mol. The van der Waals surface area contributed by atoms with Crippen molar-refractivity contribution < 1.29 is 4.79 Å². The summed E-state index contributed by atoms with van der Waals surface area (Å²) in [6.07, 6.45) is 0.478. The van der Waals surface area contributed by atoms with Crippen molar-refractivity contribution in [1.82, 2.24) is 0 Å². The van der Waals surface area contributed by atoms with Gasteiger partial charge in [-0.3, -0.25) is 4.79 Å². The molecule has 1 aliphatic carbocycles. The highest BCUT2D eigenvalue weighted by Crippen LogP contribution is 2.17. The van der Waals surface area contributed by atoms with Gasteiger partial charge in [0.05, 0.1) is 6.42 Å². The molecule has 0 saturated carbocycles. The second kappa shape index (κ2) is 1.09. The lowest BCUT2D eigenvalue weighted by Crippen LogP contribution is -2.21. The normalized spacial score (nSPS) is 19.9. The molecule has 0 aromatic carbocycles. The predicted octanol–water partition coefficient (Wildman–Crippen LogP) is 0.192. The topological polar surface area (TPSA) is 43.1 Å². The van der Waals surface area contributed by atoms with E-state index in [1.807, 2.05) is 0 Å².